The van der Waals surface area contributed by atoms with Gasteiger partial charge in [-0.2, -0.15) is 0 Å². The lowest BCUT2D eigenvalue weighted by Gasteiger charge is -2.26. The Morgan fingerprint density at radius 2 is 1.73 bits per heavy atom. The number of aliphatic hydroxyl groups is 1. The Bertz CT molecular complexity index is 149. The number of hydrogen-bond acceptors (Lipinski definition) is 2. The van der Waals surface area contributed by atoms with Gasteiger partial charge in [0.2, 0.25) is 0 Å². The van der Waals surface area contributed by atoms with Gasteiger partial charge in [-0.3, -0.25) is 0 Å². The molecule has 0 aliphatic rings. The number of nitrogens with zero attached hydrogens (tertiary/aromatic N) is 1. The van der Waals surface area contributed by atoms with E-state index in [1.54, 1.807) is 0 Å². The van der Waals surface area contributed by atoms with Gasteiger partial charge in [-0.25, -0.2) is 0 Å². The van der Waals surface area contributed by atoms with E-state index in [0.29, 0.717) is 17.9 Å². The van der Waals surface area contributed by atoms with E-state index in [9.17, 15) is 0 Å². The van der Waals surface area contributed by atoms with Crippen LogP contribution in [0.5, 0.6) is 0 Å². The van der Waals surface area contributed by atoms with Crippen molar-refractivity contribution in [1.29, 1.82) is 0 Å². The number of rotatable bonds is 7. The zero-order valence-corrected chi connectivity index (χ0v) is 11.2. The van der Waals surface area contributed by atoms with Gasteiger partial charge in [0.25, 0.3) is 0 Å². The minimum Gasteiger partial charge on any atom is -0.396 e. The zero-order chi connectivity index (χ0) is 11.9. The van der Waals surface area contributed by atoms with Crippen molar-refractivity contribution in [2.45, 2.75) is 46.5 Å². The minimum absolute atomic E-state index is 0.336. The SMILES string of the molecule is CN(C)CCC[C@@H](CCO)CC(C)(C)C. The van der Waals surface area contributed by atoms with Crippen molar-refractivity contribution in [2.24, 2.45) is 11.3 Å². The summed E-state index contributed by atoms with van der Waals surface area (Å²) in [6.45, 7) is 8.34. The quantitative estimate of drug-likeness (QED) is 0.706. The van der Waals surface area contributed by atoms with Gasteiger partial charge in [0, 0.05) is 6.61 Å². The monoisotopic (exact) mass is 215 g/mol. The number of aliphatic hydroxyl groups excluding tert-OH is 1. The average Bonchev–Trinajstić information content (AvgIpc) is 2.00. The average molecular weight is 215 g/mol. The highest BCUT2D eigenvalue weighted by Gasteiger charge is 2.18. The molecule has 0 aromatic heterocycles. The molecule has 2 heteroatoms. The summed E-state index contributed by atoms with van der Waals surface area (Å²) >= 11 is 0. The van der Waals surface area contributed by atoms with Crippen molar-refractivity contribution >= 4 is 0 Å². The van der Waals surface area contributed by atoms with Crippen LogP contribution in [0.2, 0.25) is 0 Å². The molecule has 92 valence electrons. The van der Waals surface area contributed by atoms with Crippen LogP contribution in [0.1, 0.15) is 46.5 Å². The Morgan fingerprint density at radius 1 is 1.13 bits per heavy atom. The molecule has 15 heavy (non-hydrogen) atoms. The molecule has 0 amide bonds. The summed E-state index contributed by atoms with van der Waals surface area (Å²) in [5.41, 5.74) is 0.387. The van der Waals surface area contributed by atoms with E-state index in [2.05, 4.69) is 39.8 Å². The molecule has 0 aromatic rings. The van der Waals surface area contributed by atoms with E-state index in [4.69, 9.17) is 5.11 Å². The van der Waals surface area contributed by atoms with Crippen LogP contribution in [0.3, 0.4) is 0 Å². The van der Waals surface area contributed by atoms with Crippen LogP contribution in [0, 0.1) is 11.3 Å². The maximum absolute atomic E-state index is 9.03. The first-order valence-electron chi connectivity index (χ1n) is 6.11. The molecular weight excluding hydrogens is 186 g/mol. The van der Waals surface area contributed by atoms with Crippen molar-refractivity contribution in [3.05, 3.63) is 0 Å². The highest BCUT2D eigenvalue weighted by molar-refractivity contribution is 4.69. The third-order valence-electron chi connectivity index (χ3n) is 2.66. The van der Waals surface area contributed by atoms with Gasteiger partial charge in [0.05, 0.1) is 0 Å². The van der Waals surface area contributed by atoms with E-state index >= 15 is 0 Å². The Balaban J connectivity index is 3.83. The molecule has 0 fully saturated rings. The van der Waals surface area contributed by atoms with Crippen molar-refractivity contribution in [3.8, 4) is 0 Å². The van der Waals surface area contributed by atoms with Crippen LogP contribution < -0.4 is 0 Å². The summed E-state index contributed by atoms with van der Waals surface area (Å²) in [5.74, 6) is 0.690. The molecule has 0 radical (unpaired) electrons. The van der Waals surface area contributed by atoms with E-state index in [1.165, 1.54) is 19.3 Å². The fourth-order valence-corrected chi connectivity index (χ4v) is 2.09. The second-order valence-electron chi connectivity index (χ2n) is 6.09. The van der Waals surface area contributed by atoms with Crippen molar-refractivity contribution in [1.82, 2.24) is 4.90 Å². The van der Waals surface area contributed by atoms with E-state index in [-0.39, 0.29) is 0 Å². The molecule has 2 nitrogen and oxygen atoms in total. The molecule has 1 atom stereocenters. The second-order valence-corrected chi connectivity index (χ2v) is 6.09. The first-order chi connectivity index (χ1) is 6.85. The van der Waals surface area contributed by atoms with Crippen LogP contribution in [-0.2, 0) is 0 Å². The largest absolute Gasteiger partial charge is 0.396 e. The molecule has 0 bridgehead atoms. The molecule has 0 saturated heterocycles. The number of hydrogen-bond donors (Lipinski definition) is 1. The van der Waals surface area contributed by atoms with Gasteiger partial charge in [-0.15, -0.1) is 0 Å². The predicted molar refractivity (Wildman–Crippen MR) is 67.1 cm³/mol. The van der Waals surface area contributed by atoms with Crippen LogP contribution >= 0.6 is 0 Å². The summed E-state index contributed by atoms with van der Waals surface area (Å²) in [6, 6.07) is 0. The third-order valence-corrected chi connectivity index (χ3v) is 2.66. The molecule has 0 spiro atoms. The minimum atomic E-state index is 0.336. The molecular formula is C13H29NO. The first-order valence-corrected chi connectivity index (χ1v) is 6.11. The van der Waals surface area contributed by atoms with Gasteiger partial charge in [0.15, 0.2) is 0 Å². The van der Waals surface area contributed by atoms with Gasteiger partial charge in [-0.1, -0.05) is 20.8 Å². The maximum atomic E-state index is 9.03. The Morgan fingerprint density at radius 3 is 2.13 bits per heavy atom. The Hall–Kier alpha value is -0.0800. The Kier molecular flexibility index (Phi) is 7.20. The summed E-state index contributed by atoms with van der Waals surface area (Å²) in [4.78, 5) is 2.23. The molecule has 1 N–H and O–H groups in total. The summed E-state index contributed by atoms with van der Waals surface area (Å²) in [5, 5.41) is 9.03. The van der Waals surface area contributed by atoms with Crippen molar-refractivity contribution < 1.29 is 5.11 Å². The van der Waals surface area contributed by atoms with Crippen molar-refractivity contribution in [3.63, 3.8) is 0 Å². The summed E-state index contributed by atoms with van der Waals surface area (Å²) in [6.07, 6.45) is 4.68. The van der Waals surface area contributed by atoms with E-state index in [0.717, 1.165) is 13.0 Å². The lowest BCUT2D eigenvalue weighted by molar-refractivity contribution is 0.204. The standard InChI is InChI=1S/C13H29NO/c1-13(2,3)11-12(8-10-15)7-6-9-14(4)5/h12,15H,6-11H2,1-5H3/t12-/m0/s1. The molecule has 0 unspecified atom stereocenters. The molecule has 0 saturated carbocycles. The topological polar surface area (TPSA) is 23.5 Å². The molecule has 0 aliphatic heterocycles. The fourth-order valence-electron chi connectivity index (χ4n) is 2.09. The van der Waals surface area contributed by atoms with Crippen LogP contribution in [0.15, 0.2) is 0 Å². The molecule has 0 heterocycles. The lowest BCUT2D eigenvalue weighted by atomic mass is 9.81. The smallest absolute Gasteiger partial charge is 0.0433 e. The normalized spacial score (nSPS) is 14.6. The predicted octanol–water partition coefficient (Wildman–Crippen LogP) is 2.76. The highest BCUT2D eigenvalue weighted by atomic mass is 16.3. The fraction of sp³-hybridized carbons (Fsp3) is 1.00. The van der Waals surface area contributed by atoms with Gasteiger partial charge < -0.3 is 10.0 Å². The zero-order valence-electron chi connectivity index (χ0n) is 11.2. The second kappa shape index (κ2) is 7.24. The summed E-state index contributed by atoms with van der Waals surface area (Å²) in [7, 11) is 4.23. The first kappa shape index (κ1) is 14.9. The summed E-state index contributed by atoms with van der Waals surface area (Å²) < 4.78 is 0. The highest BCUT2D eigenvalue weighted by Crippen LogP contribution is 2.28. The van der Waals surface area contributed by atoms with Crippen LogP contribution in [-0.4, -0.2) is 37.3 Å². The van der Waals surface area contributed by atoms with Gasteiger partial charge in [0.1, 0.15) is 0 Å². The Labute approximate surface area is 95.7 Å². The molecule has 0 rings (SSSR count). The van der Waals surface area contributed by atoms with E-state index in [1.807, 2.05) is 0 Å². The van der Waals surface area contributed by atoms with E-state index < -0.39 is 0 Å². The third kappa shape index (κ3) is 10.2. The van der Waals surface area contributed by atoms with Crippen molar-refractivity contribution in [2.75, 3.05) is 27.2 Å². The van der Waals surface area contributed by atoms with Crippen LogP contribution in [0.25, 0.3) is 0 Å². The molecule has 0 aromatic carbocycles. The van der Waals surface area contributed by atoms with Gasteiger partial charge in [-0.05, 0) is 57.7 Å². The molecule has 0 aliphatic carbocycles. The van der Waals surface area contributed by atoms with Gasteiger partial charge >= 0.3 is 0 Å². The van der Waals surface area contributed by atoms with Crippen LogP contribution in [0.4, 0.5) is 0 Å². The maximum Gasteiger partial charge on any atom is 0.0433 e. The lowest BCUT2D eigenvalue weighted by Crippen LogP contribution is -2.18.